The third-order valence-electron chi connectivity index (χ3n) is 3.16. The fourth-order valence-corrected chi connectivity index (χ4v) is 2.11. The van der Waals surface area contributed by atoms with Gasteiger partial charge in [-0.1, -0.05) is 0 Å². The number of allylic oxidation sites excluding steroid dienone is 1. The van der Waals surface area contributed by atoms with E-state index in [1.807, 2.05) is 0 Å². The second-order valence-electron chi connectivity index (χ2n) is 4.79. The molecule has 24 heavy (non-hydrogen) atoms. The van der Waals surface area contributed by atoms with Gasteiger partial charge in [-0.05, 0) is 30.3 Å². The van der Waals surface area contributed by atoms with Gasteiger partial charge in [0.2, 0.25) is 6.35 Å². The Bertz CT molecular complexity index is 761. The molecular formula is C15H11F3N4O2. The molecule has 0 amide bonds. The van der Waals surface area contributed by atoms with Crippen LogP contribution in [0.4, 0.5) is 18.9 Å². The Hall–Kier alpha value is -2.94. The van der Waals surface area contributed by atoms with Gasteiger partial charge in [0.05, 0.1) is 12.4 Å². The molecule has 0 radical (unpaired) electrons. The van der Waals surface area contributed by atoms with Crippen LogP contribution in [0.1, 0.15) is 5.56 Å². The Morgan fingerprint density at radius 2 is 1.83 bits per heavy atom. The van der Waals surface area contributed by atoms with Crippen molar-refractivity contribution in [1.82, 2.24) is 10.2 Å². The summed E-state index contributed by atoms with van der Waals surface area (Å²) < 4.78 is 40.4. The first-order valence-electron chi connectivity index (χ1n) is 6.77. The summed E-state index contributed by atoms with van der Waals surface area (Å²) in [7, 11) is 0. The summed E-state index contributed by atoms with van der Waals surface area (Å²) in [5.41, 5.74) is 1.86. The predicted octanol–water partition coefficient (Wildman–Crippen LogP) is 2.58. The van der Waals surface area contributed by atoms with Crippen LogP contribution in [0.25, 0.3) is 5.57 Å². The highest BCUT2D eigenvalue weighted by Gasteiger charge is 2.31. The fraction of sp³-hybridized carbons (Fsp3) is 0.133. The van der Waals surface area contributed by atoms with Gasteiger partial charge in [-0.25, -0.2) is 4.99 Å². The number of nitrogens with zero attached hydrogens (tertiary/aromatic N) is 4. The smallest absolute Gasteiger partial charge is 0.406 e. The maximum Gasteiger partial charge on any atom is 0.573 e. The first kappa shape index (κ1) is 15.9. The lowest BCUT2D eigenvalue weighted by Gasteiger charge is -2.27. The largest absolute Gasteiger partial charge is 0.573 e. The highest BCUT2D eigenvalue weighted by Crippen LogP contribution is 2.28. The molecular weight excluding hydrogens is 325 g/mol. The van der Waals surface area contributed by atoms with E-state index in [0.717, 1.165) is 17.7 Å². The number of aliphatic imine (C=N–C) groups is 1. The van der Waals surface area contributed by atoms with Gasteiger partial charge in [-0.3, -0.25) is 0 Å². The average molecular weight is 336 g/mol. The van der Waals surface area contributed by atoms with Crippen molar-refractivity contribution in [2.45, 2.75) is 12.7 Å². The number of halogens is 3. The Kier molecular flexibility index (Phi) is 4.17. The van der Waals surface area contributed by atoms with Crippen LogP contribution >= 0.6 is 0 Å². The van der Waals surface area contributed by atoms with E-state index in [-0.39, 0.29) is 5.75 Å². The van der Waals surface area contributed by atoms with E-state index in [0.29, 0.717) is 11.3 Å². The van der Waals surface area contributed by atoms with Crippen molar-refractivity contribution in [3.63, 3.8) is 0 Å². The minimum absolute atomic E-state index is 0.344. The number of benzene rings is 1. The molecule has 6 nitrogen and oxygen atoms in total. The van der Waals surface area contributed by atoms with E-state index in [1.54, 1.807) is 12.3 Å². The van der Waals surface area contributed by atoms with Crippen LogP contribution in [0, 0.1) is 0 Å². The molecule has 1 aliphatic heterocycles. The van der Waals surface area contributed by atoms with Gasteiger partial charge in [0.1, 0.15) is 5.75 Å². The number of alkyl halides is 3. The van der Waals surface area contributed by atoms with Crippen molar-refractivity contribution in [1.29, 1.82) is 0 Å². The van der Waals surface area contributed by atoms with Crippen molar-refractivity contribution in [3.8, 4) is 5.75 Å². The number of hydrogen-bond acceptors (Lipinski definition) is 6. The summed E-state index contributed by atoms with van der Waals surface area (Å²) in [6.45, 7) is 0. The topological polar surface area (TPSA) is 70.8 Å². The van der Waals surface area contributed by atoms with Gasteiger partial charge in [0, 0.05) is 29.2 Å². The monoisotopic (exact) mass is 336 g/mol. The predicted molar refractivity (Wildman–Crippen MR) is 80.1 cm³/mol. The van der Waals surface area contributed by atoms with Gasteiger partial charge >= 0.3 is 6.36 Å². The normalized spacial score (nSPS) is 17.6. The number of rotatable bonds is 3. The van der Waals surface area contributed by atoms with Crippen molar-refractivity contribution >= 4 is 17.5 Å². The number of ether oxygens (including phenoxy) is 1. The lowest BCUT2D eigenvalue weighted by Crippen LogP contribution is -2.31. The number of hydrogen-bond donors (Lipinski definition) is 1. The standard InChI is InChI=1S/C15H11F3N4O2/c16-15(17,18)24-13-3-1-12(2-4-13)22-9-11(7-19-14(22)23)10-5-6-20-21-8-10/h1-9,14,23H. The van der Waals surface area contributed by atoms with Crippen LogP contribution in [-0.2, 0) is 0 Å². The molecule has 2 heterocycles. The van der Waals surface area contributed by atoms with Crippen LogP contribution in [0.5, 0.6) is 5.75 Å². The van der Waals surface area contributed by atoms with E-state index in [1.165, 1.54) is 35.6 Å². The van der Waals surface area contributed by atoms with Crippen molar-refractivity contribution in [2.75, 3.05) is 4.90 Å². The summed E-state index contributed by atoms with van der Waals surface area (Å²) in [5.74, 6) is -0.344. The lowest BCUT2D eigenvalue weighted by atomic mass is 10.1. The summed E-state index contributed by atoms with van der Waals surface area (Å²) in [4.78, 5) is 5.37. The summed E-state index contributed by atoms with van der Waals surface area (Å²) in [6.07, 6.45) is 0.222. The maximum atomic E-state index is 12.2. The molecule has 1 unspecified atom stereocenters. The fourth-order valence-electron chi connectivity index (χ4n) is 2.11. The number of aromatic nitrogens is 2. The maximum absolute atomic E-state index is 12.2. The second-order valence-corrected chi connectivity index (χ2v) is 4.79. The first-order chi connectivity index (χ1) is 11.4. The summed E-state index contributed by atoms with van der Waals surface area (Å²) in [5, 5.41) is 17.4. The van der Waals surface area contributed by atoms with Crippen LogP contribution < -0.4 is 9.64 Å². The van der Waals surface area contributed by atoms with E-state index in [9.17, 15) is 18.3 Å². The molecule has 2 aromatic rings. The lowest BCUT2D eigenvalue weighted by molar-refractivity contribution is -0.274. The zero-order valence-corrected chi connectivity index (χ0v) is 12.1. The first-order valence-corrected chi connectivity index (χ1v) is 6.77. The van der Waals surface area contributed by atoms with Crippen molar-refractivity contribution in [3.05, 3.63) is 54.5 Å². The Labute approximate surface area is 134 Å². The third kappa shape index (κ3) is 3.69. The average Bonchev–Trinajstić information content (AvgIpc) is 2.56. The third-order valence-corrected chi connectivity index (χ3v) is 3.16. The minimum atomic E-state index is -4.75. The van der Waals surface area contributed by atoms with Crippen molar-refractivity contribution < 1.29 is 23.0 Å². The van der Waals surface area contributed by atoms with Crippen LogP contribution in [0.3, 0.4) is 0 Å². The van der Waals surface area contributed by atoms with E-state index < -0.39 is 12.7 Å². The number of anilines is 1. The van der Waals surface area contributed by atoms with Gasteiger partial charge < -0.3 is 14.7 Å². The van der Waals surface area contributed by atoms with Crippen LogP contribution in [0.2, 0.25) is 0 Å². The Balaban J connectivity index is 1.85. The van der Waals surface area contributed by atoms with E-state index in [2.05, 4.69) is 19.9 Å². The zero-order chi connectivity index (χ0) is 17.2. The molecule has 0 saturated carbocycles. The molecule has 1 aliphatic rings. The molecule has 0 fully saturated rings. The molecule has 1 aromatic carbocycles. The van der Waals surface area contributed by atoms with Gasteiger partial charge in [0.15, 0.2) is 0 Å². The van der Waals surface area contributed by atoms with Crippen molar-refractivity contribution in [2.24, 2.45) is 4.99 Å². The van der Waals surface area contributed by atoms with Crippen LogP contribution in [-0.4, -0.2) is 34.2 Å². The molecule has 9 heteroatoms. The Morgan fingerprint density at radius 1 is 1.08 bits per heavy atom. The molecule has 1 aromatic heterocycles. The van der Waals surface area contributed by atoms with Crippen LogP contribution in [0.15, 0.2) is 53.9 Å². The van der Waals surface area contributed by atoms with Gasteiger partial charge in [-0.15, -0.1) is 13.2 Å². The molecule has 3 rings (SSSR count). The van der Waals surface area contributed by atoms with Gasteiger partial charge in [-0.2, -0.15) is 10.2 Å². The molecule has 124 valence electrons. The molecule has 0 aliphatic carbocycles. The molecule has 1 atom stereocenters. The SMILES string of the molecule is OC1N=CC(c2ccnnc2)=CN1c1ccc(OC(F)(F)F)cc1. The number of aliphatic hydroxyl groups excluding tert-OH is 1. The minimum Gasteiger partial charge on any atom is -0.406 e. The van der Waals surface area contributed by atoms with E-state index in [4.69, 9.17) is 0 Å². The second kappa shape index (κ2) is 6.28. The number of aliphatic hydroxyl groups is 1. The Morgan fingerprint density at radius 3 is 2.46 bits per heavy atom. The molecule has 1 N–H and O–H groups in total. The highest BCUT2D eigenvalue weighted by atomic mass is 19.4. The summed E-state index contributed by atoms with van der Waals surface area (Å²) in [6, 6.07) is 6.83. The molecule has 0 saturated heterocycles. The highest BCUT2D eigenvalue weighted by molar-refractivity contribution is 6.11. The summed E-state index contributed by atoms with van der Waals surface area (Å²) >= 11 is 0. The molecule has 0 bridgehead atoms. The zero-order valence-electron chi connectivity index (χ0n) is 12.1. The quantitative estimate of drug-likeness (QED) is 0.933. The van der Waals surface area contributed by atoms with E-state index >= 15 is 0 Å². The molecule has 0 spiro atoms. The van der Waals surface area contributed by atoms with Gasteiger partial charge in [0.25, 0.3) is 0 Å².